The predicted molar refractivity (Wildman–Crippen MR) is 98.4 cm³/mol. The highest BCUT2D eigenvalue weighted by atomic mass is 16.8. The van der Waals surface area contributed by atoms with Crippen molar-refractivity contribution >= 4 is 5.84 Å². The molecule has 2 aromatic carbocycles. The Labute approximate surface area is 160 Å². The maximum absolute atomic E-state index is 11.3. The summed E-state index contributed by atoms with van der Waals surface area (Å²) >= 11 is 0. The van der Waals surface area contributed by atoms with E-state index in [9.17, 15) is 10.1 Å². The number of rotatable bonds is 4. The van der Waals surface area contributed by atoms with Gasteiger partial charge in [-0.1, -0.05) is 18.2 Å². The molecule has 9 heteroatoms. The summed E-state index contributed by atoms with van der Waals surface area (Å²) in [6, 6.07) is 9.32. The van der Waals surface area contributed by atoms with Crippen LogP contribution in [0, 0.1) is 10.1 Å². The quantitative estimate of drug-likeness (QED) is 0.588. The van der Waals surface area contributed by atoms with Gasteiger partial charge in [-0.25, -0.2) is 0 Å². The smallest absolute Gasteiger partial charge is 0.414 e. The van der Waals surface area contributed by atoms with Crippen LogP contribution in [0.3, 0.4) is 0 Å². The van der Waals surface area contributed by atoms with E-state index in [4.69, 9.17) is 23.8 Å². The molecule has 146 valence electrons. The van der Waals surface area contributed by atoms with Crippen molar-refractivity contribution in [2.45, 2.75) is 18.8 Å². The zero-order chi connectivity index (χ0) is 19.8. The third kappa shape index (κ3) is 2.71. The molecule has 0 amide bonds. The fourth-order valence-corrected chi connectivity index (χ4v) is 3.64. The summed E-state index contributed by atoms with van der Waals surface area (Å²) < 4.78 is 22.4. The predicted octanol–water partition coefficient (Wildman–Crippen LogP) is 2.94. The molecule has 0 radical (unpaired) electrons. The summed E-state index contributed by atoms with van der Waals surface area (Å²) in [7, 11) is 4.65. The SMILES string of the molecule is COc1ccccc1-c1cc(OC)c(OC)c2c1[C@H]1ON=C([N+](=O)[O-])[C@@H](C2)O1. The Morgan fingerprint density at radius 1 is 1.11 bits per heavy atom. The van der Waals surface area contributed by atoms with Crippen LogP contribution in [0.5, 0.6) is 17.2 Å². The van der Waals surface area contributed by atoms with E-state index in [0.29, 0.717) is 22.8 Å². The van der Waals surface area contributed by atoms with Gasteiger partial charge >= 0.3 is 5.84 Å². The molecule has 28 heavy (non-hydrogen) atoms. The number of ether oxygens (including phenoxy) is 4. The lowest BCUT2D eigenvalue weighted by Crippen LogP contribution is -2.41. The molecule has 2 bridgehead atoms. The molecule has 0 saturated carbocycles. The highest BCUT2D eigenvalue weighted by molar-refractivity contribution is 5.83. The molecule has 2 aromatic rings. The molecule has 0 aliphatic carbocycles. The van der Waals surface area contributed by atoms with E-state index >= 15 is 0 Å². The Hall–Kier alpha value is -3.33. The largest absolute Gasteiger partial charge is 0.496 e. The first-order valence-corrected chi connectivity index (χ1v) is 8.53. The van der Waals surface area contributed by atoms with Crippen LogP contribution >= 0.6 is 0 Å². The van der Waals surface area contributed by atoms with E-state index < -0.39 is 17.3 Å². The van der Waals surface area contributed by atoms with Gasteiger partial charge in [0.1, 0.15) is 5.75 Å². The minimum Gasteiger partial charge on any atom is -0.496 e. The summed E-state index contributed by atoms with van der Waals surface area (Å²) in [6.07, 6.45) is -1.54. The second-order valence-corrected chi connectivity index (χ2v) is 6.22. The molecule has 2 aliphatic heterocycles. The van der Waals surface area contributed by atoms with Gasteiger partial charge in [-0.05, 0) is 22.6 Å². The molecule has 0 N–H and O–H groups in total. The van der Waals surface area contributed by atoms with Crippen LogP contribution in [0.25, 0.3) is 11.1 Å². The van der Waals surface area contributed by atoms with Crippen molar-refractivity contribution in [1.29, 1.82) is 0 Å². The van der Waals surface area contributed by atoms with Gasteiger partial charge in [-0.15, -0.1) is 0 Å². The molecule has 0 unspecified atom stereocenters. The van der Waals surface area contributed by atoms with Crippen LogP contribution in [0.15, 0.2) is 35.5 Å². The van der Waals surface area contributed by atoms with E-state index in [-0.39, 0.29) is 12.3 Å². The first-order chi connectivity index (χ1) is 13.6. The second kappa shape index (κ2) is 7.01. The van der Waals surface area contributed by atoms with E-state index in [2.05, 4.69) is 5.16 Å². The van der Waals surface area contributed by atoms with Crippen molar-refractivity contribution in [1.82, 2.24) is 0 Å². The van der Waals surface area contributed by atoms with Gasteiger partial charge in [0.15, 0.2) is 22.8 Å². The van der Waals surface area contributed by atoms with E-state index in [1.807, 2.05) is 30.3 Å². The van der Waals surface area contributed by atoms with E-state index in [1.54, 1.807) is 7.11 Å². The summed E-state index contributed by atoms with van der Waals surface area (Å²) in [5, 5.41) is 14.9. The summed E-state index contributed by atoms with van der Waals surface area (Å²) in [4.78, 5) is 16.0. The van der Waals surface area contributed by atoms with Crippen molar-refractivity contribution in [2.75, 3.05) is 21.3 Å². The molecule has 2 heterocycles. The van der Waals surface area contributed by atoms with Gasteiger partial charge in [-0.3, -0.25) is 4.84 Å². The number of para-hydroxylation sites is 1. The number of hydrogen-bond donors (Lipinski definition) is 0. The first-order valence-electron chi connectivity index (χ1n) is 8.53. The third-order valence-corrected chi connectivity index (χ3v) is 4.84. The zero-order valence-electron chi connectivity index (χ0n) is 15.5. The molecule has 0 fully saturated rings. The number of hydrogen-bond acceptors (Lipinski definition) is 8. The molecule has 0 saturated heterocycles. The van der Waals surface area contributed by atoms with Gasteiger partial charge < -0.3 is 29.1 Å². The van der Waals surface area contributed by atoms with Gasteiger partial charge in [-0.2, -0.15) is 0 Å². The normalized spacial score (nSPS) is 19.8. The minimum absolute atomic E-state index is 0.206. The molecule has 0 spiro atoms. The Morgan fingerprint density at radius 3 is 2.54 bits per heavy atom. The number of nitrogens with zero attached hydrogens (tertiary/aromatic N) is 2. The molecule has 9 nitrogen and oxygen atoms in total. The lowest BCUT2D eigenvalue weighted by atomic mass is 9.88. The first kappa shape index (κ1) is 18.1. The van der Waals surface area contributed by atoms with Crippen LogP contribution in [0.2, 0.25) is 0 Å². The molecular weight excluding hydrogens is 368 g/mol. The van der Waals surface area contributed by atoms with Gasteiger partial charge in [0, 0.05) is 23.1 Å². The van der Waals surface area contributed by atoms with Crippen LogP contribution < -0.4 is 14.2 Å². The van der Waals surface area contributed by atoms with Crippen molar-refractivity contribution in [2.24, 2.45) is 5.16 Å². The Kier molecular flexibility index (Phi) is 4.52. The molecule has 0 aromatic heterocycles. The van der Waals surface area contributed by atoms with Crippen LogP contribution in [0.4, 0.5) is 0 Å². The van der Waals surface area contributed by atoms with Crippen molar-refractivity contribution in [3.05, 3.63) is 51.6 Å². The monoisotopic (exact) mass is 386 g/mol. The zero-order valence-corrected chi connectivity index (χ0v) is 15.5. The lowest BCUT2D eigenvalue weighted by molar-refractivity contribution is -0.375. The molecule has 2 atom stereocenters. The summed E-state index contributed by atoms with van der Waals surface area (Å²) in [5.74, 6) is 1.28. The maximum Gasteiger partial charge on any atom is 0.414 e. The topological polar surface area (TPSA) is 102 Å². The summed E-state index contributed by atoms with van der Waals surface area (Å²) in [6.45, 7) is 0. The van der Waals surface area contributed by atoms with Crippen molar-refractivity contribution < 1.29 is 28.7 Å². The number of oxime groups is 1. The van der Waals surface area contributed by atoms with Gasteiger partial charge in [0.05, 0.1) is 21.3 Å². The number of methoxy groups -OCH3 is 3. The fraction of sp³-hybridized carbons (Fsp3) is 0.316. The van der Waals surface area contributed by atoms with Crippen LogP contribution in [-0.2, 0) is 16.0 Å². The highest BCUT2D eigenvalue weighted by Crippen LogP contribution is 2.49. The minimum atomic E-state index is -0.905. The number of benzene rings is 2. The Morgan fingerprint density at radius 2 is 1.86 bits per heavy atom. The average Bonchev–Trinajstić information content (AvgIpc) is 2.72. The lowest BCUT2D eigenvalue weighted by Gasteiger charge is -2.33. The number of amidine groups is 1. The Balaban J connectivity index is 1.97. The Bertz CT molecular complexity index is 973. The summed E-state index contributed by atoms with van der Waals surface area (Å²) in [5.41, 5.74) is 2.97. The third-order valence-electron chi connectivity index (χ3n) is 4.84. The second-order valence-electron chi connectivity index (χ2n) is 6.22. The standard InChI is InChI=1S/C19H18N2O7/c1-24-13-7-5-4-6-10(13)11-8-14(25-2)17(26-3)12-9-15-18(21(22)23)20-28-19(27-15)16(11)12/h4-8,15,19H,9H2,1-3H3/t15-,19-/m1/s1. The van der Waals surface area contributed by atoms with Gasteiger partial charge in [0.2, 0.25) is 0 Å². The highest BCUT2D eigenvalue weighted by Gasteiger charge is 2.46. The average molecular weight is 386 g/mol. The van der Waals surface area contributed by atoms with Crippen molar-refractivity contribution in [3.63, 3.8) is 0 Å². The van der Waals surface area contributed by atoms with Gasteiger partial charge in [0.25, 0.3) is 6.29 Å². The molecule has 2 aliphatic rings. The maximum atomic E-state index is 11.3. The van der Waals surface area contributed by atoms with Crippen molar-refractivity contribution in [3.8, 4) is 28.4 Å². The number of fused-ring (bicyclic) bond motifs is 4. The van der Waals surface area contributed by atoms with E-state index in [1.165, 1.54) is 14.2 Å². The molecular formula is C19H18N2O7. The molecule has 4 rings (SSSR count). The van der Waals surface area contributed by atoms with Crippen LogP contribution in [0.1, 0.15) is 17.4 Å². The number of nitro groups is 1. The van der Waals surface area contributed by atoms with Crippen LogP contribution in [-0.4, -0.2) is 38.2 Å². The van der Waals surface area contributed by atoms with E-state index in [0.717, 1.165) is 16.7 Å². The fourth-order valence-electron chi connectivity index (χ4n) is 3.64.